The van der Waals surface area contributed by atoms with Gasteiger partial charge in [0.25, 0.3) is 0 Å². The fraction of sp³-hybridized carbons (Fsp3) is 0.688. The first-order valence-electron chi connectivity index (χ1n) is 7.80. The lowest BCUT2D eigenvalue weighted by Crippen LogP contribution is -2.44. The van der Waals surface area contributed by atoms with Crippen molar-refractivity contribution in [3.8, 4) is 0 Å². The van der Waals surface area contributed by atoms with Crippen molar-refractivity contribution in [3.05, 3.63) is 28.0 Å². The van der Waals surface area contributed by atoms with Crippen molar-refractivity contribution in [2.75, 3.05) is 6.61 Å². The van der Waals surface area contributed by atoms with Crippen LogP contribution in [0, 0.1) is 5.92 Å². The number of hydrogen-bond donors (Lipinski definition) is 1. The van der Waals surface area contributed by atoms with Crippen LogP contribution in [0.1, 0.15) is 56.7 Å². The number of hydrogen-bond acceptors (Lipinski definition) is 3. The summed E-state index contributed by atoms with van der Waals surface area (Å²) in [5, 5.41) is 1.12. The average Bonchev–Trinajstić information content (AvgIpc) is 2.47. The number of aromatic nitrogens is 1. The van der Waals surface area contributed by atoms with Crippen LogP contribution < -0.4 is 5.73 Å². The zero-order chi connectivity index (χ0) is 14.9. The molecule has 2 aliphatic rings. The molecule has 1 aliphatic carbocycles. The van der Waals surface area contributed by atoms with Crippen molar-refractivity contribution >= 4 is 23.2 Å². The summed E-state index contributed by atoms with van der Waals surface area (Å²) in [4.78, 5) is 4.36. The van der Waals surface area contributed by atoms with E-state index in [0.29, 0.717) is 16.0 Å². The van der Waals surface area contributed by atoms with E-state index in [1.54, 1.807) is 12.3 Å². The van der Waals surface area contributed by atoms with E-state index >= 15 is 0 Å². The van der Waals surface area contributed by atoms with Crippen molar-refractivity contribution in [1.82, 2.24) is 4.98 Å². The highest BCUT2D eigenvalue weighted by molar-refractivity contribution is 6.34. The van der Waals surface area contributed by atoms with E-state index in [0.717, 1.165) is 38.0 Å². The molecule has 5 heteroatoms. The van der Waals surface area contributed by atoms with Crippen molar-refractivity contribution in [1.29, 1.82) is 0 Å². The van der Waals surface area contributed by atoms with Crippen molar-refractivity contribution < 1.29 is 4.74 Å². The van der Waals surface area contributed by atoms with Crippen LogP contribution in [0.4, 0.5) is 0 Å². The molecule has 1 spiro atoms. The zero-order valence-electron chi connectivity index (χ0n) is 12.2. The highest BCUT2D eigenvalue weighted by Crippen LogP contribution is 2.44. The smallest absolute Gasteiger partial charge is 0.0760 e. The predicted molar refractivity (Wildman–Crippen MR) is 85.7 cm³/mol. The van der Waals surface area contributed by atoms with Crippen LogP contribution in [0.15, 0.2) is 12.3 Å². The summed E-state index contributed by atoms with van der Waals surface area (Å²) in [5.41, 5.74) is 7.28. The summed E-state index contributed by atoms with van der Waals surface area (Å²) in [7, 11) is 0. The summed E-state index contributed by atoms with van der Waals surface area (Å²) in [5.74, 6) is 0.378. The van der Waals surface area contributed by atoms with Gasteiger partial charge in [-0.15, -0.1) is 0 Å². The first kappa shape index (κ1) is 15.5. The molecule has 1 aromatic rings. The summed E-state index contributed by atoms with van der Waals surface area (Å²) in [6.45, 7) is 0.795. The first-order chi connectivity index (χ1) is 10.1. The van der Waals surface area contributed by atoms with Crippen LogP contribution in [0.25, 0.3) is 0 Å². The average molecular weight is 329 g/mol. The Bertz CT molecular complexity index is 498. The SMILES string of the molecule is NC(c1ncc(Cl)cc1Cl)C1CCOC2(CCCCC2)C1. The normalized spacial score (nSPS) is 26.7. The Morgan fingerprint density at radius 2 is 2.05 bits per heavy atom. The topological polar surface area (TPSA) is 48.1 Å². The van der Waals surface area contributed by atoms with Gasteiger partial charge in [0.2, 0.25) is 0 Å². The standard InChI is InChI=1S/C16H22Cl2N2O/c17-12-8-13(18)15(20-10-12)14(19)11-4-7-21-16(9-11)5-2-1-3-6-16/h8,10-11,14H,1-7,9,19H2. The lowest BCUT2D eigenvalue weighted by Gasteiger charge is -2.45. The molecule has 2 heterocycles. The Balaban J connectivity index is 1.76. The molecule has 0 amide bonds. The van der Waals surface area contributed by atoms with Gasteiger partial charge in [-0.05, 0) is 37.7 Å². The van der Waals surface area contributed by atoms with Gasteiger partial charge in [0, 0.05) is 12.8 Å². The van der Waals surface area contributed by atoms with Crippen LogP contribution in [-0.4, -0.2) is 17.2 Å². The van der Waals surface area contributed by atoms with Gasteiger partial charge in [-0.25, -0.2) is 0 Å². The molecule has 0 aromatic carbocycles. The largest absolute Gasteiger partial charge is 0.375 e. The van der Waals surface area contributed by atoms with Gasteiger partial charge < -0.3 is 10.5 Å². The molecule has 1 aromatic heterocycles. The summed E-state index contributed by atoms with van der Waals surface area (Å²) >= 11 is 12.2. The highest BCUT2D eigenvalue weighted by atomic mass is 35.5. The van der Waals surface area contributed by atoms with E-state index in [1.165, 1.54) is 19.3 Å². The third kappa shape index (κ3) is 3.37. The van der Waals surface area contributed by atoms with Gasteiger partial charge in [0.15, 0.2) is 0 Å². The maximum absolute atomic E-state index is 6.47. The van der Waals surface area contributed by atoms with Gasteiger partial charge in [-0.3, -0.25) is 4.98 Å². The fourth-order valence-electron chi connectivity index (χ4n) is 3.81. The lowest BCUT2D eigenvalue weighted by atomic mass is 9.74. The van der Waals surface area contributed by atoms with Gasteiger partial charge in [0.05, 0.1) is 27.4 Å². The minimum absolute atomic E-state index is 0.0533. The van der Waals surface area contributed by atoms with Crippen LogP contribution in [0.2, 0.25) is 10.0 Å². The molecule has 1 saturated carbocycles. The van der Waals surface area contributed by atoms with E-state index in [2.05, 4.69) is 4.98 Å². The maximum atomic E-state index is 6.47. The number of halogens is 2. The number of pyridine rings is 1. The van der Waals surface area contributed by atoms with Gasteiger partial charge in [0.1, 0.15) is 0 Å². The van der Waals surface area contributed by atoms with Gasteiger partial charge in [-0.1, -0.05) is 42.5 Å². The third-order valence-electron chi connectivity index (χ3n) is 4.96. The molecule has 116 valence electrons. The Labute approximate surface area is 136 Å². The number of nitrogens with two attached hydrogens (primary N) is 1. The van der Waals surface area contributed by atoms with Gasteiger partial charge >= 0.3 is 0 Å². The van der Waals surface area contributed by atoms with E-state index in [1.807, 2.05) is 0 Å². The minimum Gasteiger partial charge on any atom is -0.375 e. The fourth-order valence-corrected chi connectivity index (χ4v) is 4.32. The van der Waals surface area contributed by atoms with E-state index in [9.17, 15) is 0 Å². The minimum atomic E-state index is -0.141. The van der Waals surface area contributed by atoms with Crippen LogP contribution in [0.5, 0.6) is 0 Å². The molecule has 1 aliphatic heterocycles. The Morgan fingerprint density at radius 3 is 2.76 bits per heavy atom. The first-order valence-corrected chi connectivity index (χ1v) is 8.56. The second-order valence-electron chi connectivity index (χ2n) is 6.39. The van der Waals surface area contributed by atoms with E-state index in [-0.39, 0.29) is 11.6 Å². The van der Waals surface area contributed by atoms with Crippen molar-refractivity contribution in [2.24, 2.45) is 11.7 Å². The zero-order valence-corrected chi connectivity index (χ0v) is 13.7. The van der Waals surface area contributed by atoms with Gasteiger partial charge in [-0.2, -0.15) is 0 Å². The molecule has 1 saturated heterocycles. The molecule has 21 heavy (non-hydrogen) atoms. The van der Waals surface area contributed by atoms with E-state index in [4.69, 9.17) is 33.7 Å². The summed E-state index contributed by atoms with van der Waals surface area (Å²) in [6.07, 6.45) is 9.81. The van der Waals surface area contributed by atoms with Crippen molar-refractivity contribution in [2.45, 2.75) is 56.6 Å². The van der Waals surface area contributed by atoms with Crippen molar-refractivity contribution in [3.63, 3.8) is 0 Å². The molecule has 2 unspecified atom stereocenters. The molecule has 3 nitrogen and oxygen atoms in total. The quantitative estimate of drug-likeness (QED) is 0.868. The monoisotopic (exact) mass is 328 g/mol. The number of rotatable bonds is 2. The van der Waals surface area contributed by atoms with Crippen LogP contribution in [0.3, 0.4) is 0 Å². The molecule has 2 fully saturated rings. The number of nitrogens with zero attached hydrogens (tertiary/aromatic N) is 1. The highest BCUT2D eigenvalue weighted by Gasteiger charge is 2.40. The Hall–Kier alpha value is -0.350. The number of ether oxygens (including phenoxy) is 1. The molecule has 3 rings (SSSR count). The second-order valence-corrected chi connectivity index (χ2v) is 7.24. The third-order valence-corrected chi connectivity index (χ3v) is 5.47. The molecular weight excluding hydrogens is 307 g/mol. The Morgan fingerprint density at radius 1 is 1.29 bits per heavy atom. The maximum Gasteiger partial charge on any atom is 0.0760 e. The summed E-state index contributed by atoms with van der Waals surface area (Å²) in [6, 6.07) is 1.58. The molecule has 0 bridgehead atoms. The molecule has 2 atom stereocenters. The second kappa shape index (κ2) is 6.41. The predicted octanol–water partition coefficient (Wildman–Crippen LogP) is 4.52. The summed E-state index contributed by atoms with van der Waals surface area (Å²) < 4.78 is 6.14. The molecule has 2 N–H and O–H groups in total. The van der Waals surface area contributed by atoms with Crippen LogP contribution >= 0.6 is 23.2 Å². The lowest BCUT2D eigenvalue weighted by molar-refractivity contribution is -0.120. The van der Waals surface area contributed by atoms with E-state index < -0.39 is 0 Å². The molecular formula is C16H22Cl2N2O. The van der Waals surface area contributed by atoms with Crippen LogP contribution in [-0.2, 0) is 4.74 Å². The Kier molecular flexibility index (Phi) is 4.75. The molecule has 0 radical (unpaired) electrons.